The summed E-state index contributed by atoms with van der Waals surface area (Å²) in [6, 6.07) is 7.38. The molecule has 0 aliphatic carbocycles. The Kier molecular flexibility index (Phi) is 4.91. The van der Waals surface area contributed by atoms with Gasteiger partial charge in [0, 0.05) is 18.7 Å². The van der Waals surface area contributed by atoms with E-state index in [1.165, 1.54) is 23.1 Å². The molecule has 2 heterocycles. The number of halogens is 1. The van der Waals surface area contributed by atoms with E-state index in [0.29, 0.717) is 34.5 Å². The van der Waals surface area contributed by atoms with Gasteiger partial charge < -0.3 is 14.7 Å². The molecule has 5 nitrogen and oxygen atoms in total. The number of nitrogens with one attached hydrogen (secondary N) is 1. The number of nitrogens with zero attached hydrogens (tertiary/aromatic N) is 1. The topological polar surface area (TPSA) is 57.0 Å². The smallest absolute Gasteiger partial charge is 0.232 e. The lowest BCUT2D eigenvalue weighted by Gasteiger charge is -2.31. The van der Waals surface area contributed by atoms with Crippen LogP contribution in [0.2, 0.25) is 0 Å². The summed E-state index contributed by atoms with van der Waals surface area (Å²) in [5, 5.41) is 12.7. The van der Waals surface area contributed by atoms with Crippen molar-refractivity contribution < 1.29 is 23.9 Å². The van der Waals surface area contributed by atoms with Gasteiger partial charge in [-0.15, -0.1) is 0 Å². The number of ether oxygens (including phenoxy) is 1. The molecule has 6 heteroatoms. The molecule has 0 aromatic heterocycles. The quantitative estimate of drug-likeness (QED) is 0.810. The van der Waals surface area contributed by atoms with Gasteiger partial charge in [0.25, 0.3) is 0 Å². The van der Waals surface area contributed by atoms with E-state index in [4.69, 9.17) is 4.74 Å². The number of rotatable bonds is 3. The van der Waals surface area contributed by atoms with E-state index in [2.05, 4.69) is 11.9 Å². The van der Waals surface area contributed by atoms with Gasteiger partial charge in [-0.05, 0) is 43.3 Å². The summed E-state index contributed by atoms with van der Waals surface area (Å²) in [5.74, 6) is -0.0851. The Bertz CT molecular complexity index is 945. The number of piperazine rings is 1. The maximum absolute atomic E-state index is 13.1. The predicted octanol–water partition coefficient (Wildman–Crippen LogP) is 1.15. The average Bonchev–Trinajstić information content (AvgIpc) is 2.99. The van der Waals surface area contributed by atoms with Crippen LogP contribution in [0.15, 0.2) is 36.1 Å². The van der Waals surface area contributed by atoms with Crippen LogP contribution in [0.3, 0.4) is 0 Å². The lowest BCUT2D eigenvalue weighted by Crippen LogP contribution is -3.13. The molecule has 0 bridgehead atoms. The number of quaternary nitrogens is 1. The first-order chi connectivity index (χ1) is 13.4. The summed E-state index contributed by atoms with van der Waals surface area (Å²) in [6.07, 6.45) is 1.60. The molecule has 1 fully saturated rings. The van der Waals surface area contributed by atoms with Crippen molar-refractivity contribution in [2.75, 3.05) is 33.2 Å². The van der Waals surface area contributed by atoms with Gasteiger partial charge in [0.05, 0.1) is 18.7 Å². The number of fused-ring (bicyclic) bond motifs is 1. The monoisotopic (exact) mass is 382 g/mol. The number of ketones is 1. The fraction of sp³-hybridized carbons (Fsp3) is 0.318. The van der Waals surface area contributed by atoms with Gasteiger partial charge in [-0.3, -0.25) is 9.69 Å². The summed E-state index contributed by atoms with van der Waals surface area (Å²) in [6.45, 7) is 6.16. The van der Waals surface area contributed by atoms with Crippen LogP contribution < -0.4 is 14.7 Å². The summed E-state index contributed by atoms with van der Waals surface area (Å²) >= 11 is 0. The number of hydrogen-bond donors (Lipinski definition) is 1. The van der Waals surface area contributed by atoms with Gasteiger partial charge in [-0.1, -0.05) is 23.9 Å². The zero-order valence-corrected chi connectivity index (χ0v) is 16.0. The Morgan fingerprint density at radius 3 is 2.61 bits per heavy atom. The van der Waals surface area contributed by atoms with Crippen molar-refractivity contribution in [1.82, 2.24) is 4.90 Å². The molecule has 4 rings (SSSR count). The van der Waals surface area contributed by atoms with Gasteiger partial charge in [-0.25, -0.2) is 4.39 Å². The van der Waals surface area contributed by atoms with E-state index in [0.717, 1.165) is 26.2 Å². The number of benzene rings is 2. The third-order valence-electron chi connectivity index (χ3n) is 5.49. The Labute approximate surface area is 163 Å². The molecule has 0 atom stereocenters. The highest BCUT2D eigenvalue weighted by Crippen LogP contribution is 2.40. The van der Waals surface area contributed by atoms with E-state index in [1.807, 2.05) is 0 Å². The maximum Gasteiger partial charge on any atom is 0.232 e. The molecular weight excluding hydrogens is 359 g/mol. The van der Waals surface area contributed by atoms with E-state index >= 15 is 0 Å². The van der Waals surface area contributed by atoms with E-state index in [-0.39, 0.29) is 23.1 Å². The summed E-state index contributed by atoms with van der Waals surface area (Å²) in [7, 11) is 2.09. The third kappa shape index (κ3) is 3.53. The molecule has 0 saturated carbocycles. The fourth-order valence-electron chi connectivity index (χ4n) is 3.81. The number of likely N-dealkylation sites (N-methyl/N-ethyl adjacent to an activating group) is 1. The van der Waals surface area contributed by atoms with E-state index in [1.54, 1.807) is 25.1 Å². The van der Waals surface area contributed by atoms with E-state index < -0.39 is 0 Å². The lowest BCUT2D eigenvalue weighted by atomic mass is 9.99. The summed E-state index contributed by atoms with van der Waals surface area (Å²) in [4.78, 5) is 16.5. The van der Waals surface area contributed by atoms with Gasteiger partial charge in [0.2, 0.25) is 5.78 Å². The van der Waals surface area contributed by atoms with Gasteiger partial charge >= 0.3 is 0 Å². The second kappa shape index (κ2) is 7.37. The number of carbonyl (C=O) groups excluding carboxylic acids is 1. The van der Waals surface area contributed by atoms with Crippen molar-refractivity contribution in [3.63, 3.8) is 0 Å². The number of aryl methyl sites for hydroxylation is 1. The van der Waals surface area contributed by atoms with Crippen molar-refractivity contribution in [3.05, 3.63) is 64.2 Å². The Morgan fingerprint density at radius 2 is 1.93 bits per heavy atom. The molecule has 0 unspecified atom stereocenters. The Balaban J connectivity index is 1.66. The summed E-state index contributed by atoms with van der Waals surface area (Å²) < 4.78 is 19.0. The van der Waals surface area contributed by atoms with Crippen molar-refractivity contribution in [1.29, 1.82) is 0 Å². The minimum absolute atomic E-state index is 0.0847. The first-order valence-electron chi connectivity index (χ1n) is 9.48. The van der Waals surface area contributed by atoms with Crippen LogP contribution in [0, 0.1) is 12.7 Å². The third-order valence-corrected chi connectivity index (χ3v) is 5.49. The molecule has 2 aromatic carbocycles. The predicted molar refractivity (Wildman–Crippen MR) is 102 cm³/mol. The van der Waals surface area contributed by atoms with Crippen molar-refractivity contribution in [2.45, 2.75) is 13.5 Å². The molecule has 146 valence electrons. The zero-order valence-electron chi connectivity index (χ0n) is 16.0. The first kappa shape index (κ1) is 18.7. The molecule has 0 amide bonds. The number of hydrogen-bond acceptors (Lipinski definition) is 4. The minimum atomic E-state index is -0.339. The molecule has 28 heavy (non-hydrogen) atoms. The molecule has 2 aliphatic heterocycles. The molecule has 0 spiro atoms. The molecule has 0 radical (unpaired) electrons. The molecule has 2 aliphatic rings. The Hall–Kier alpha value is -2.70. The highest BCUT2D eigenvalue weighted by Gasteiger charge is 2.33. The zero-order chi connectivity index (χ0) is 19.8. The fourth-order valence-corrected chi connectivity index (χ4v) is 3.81. The van der Waals surface area contributed by atoms with E-state index in [9.17, 15) is 14.3 Å². The SMILES string of the molecule is Cc1cc([O-])c(C[NH+]2CCN(C)CC2)c2c1C(=O)C(=Cc1ccc(F)cc1)O2. The minimum Gasteiger partial charge on any atom is -0.872 e. The van der Waals surface area contributed by atoms with Crippen LogP contribution in [0.4, 0.5) is 4.39 Å². The number of carbonyl (C=O) groups is 1. The highest BCUT2D eigenvalue weighted by molar-refractivity contribution is 6.15. The Morgan fingerprint density at radius 1 is 1.25 bits per heavy atom. The first-order valence-corrected chi connectivity index (χ1v) is 9.48. The van der Waals surface area contributed by atoms with Gasteiger partial charge in [0.1, 0.15) is 18.1 Å². The standard InChI is InChI=1S/C22H23FN2O3/c1-14-11-18(26)17(13-25-9-7-24(2)8-10-25)22-20(14)21(27)19(28-22)12-15-3-5-16(23)6-4-15/h3-6,11-12,26H,7-10,13H2,1-2H3. The van der Waals surface area contributed by atoms with Crippen LogP contribution in [-0.4, -0.2) is 43.9 Å². The van der Waals surface area contributed by atoms with Crippen LogP contribution in [0.25, 0.3) is 6.08 Å². The second-order valence-corrected chi connectivity index (χ2v) is 7.60. The largest absolute Gasteiger partial charge is 0.872 e. The molecule has 2 aromatic rings. The van der Waals surface area contributed by atoms with Crippen molar-refractivity contribution in [3.8, 4) is 11.5 Å². The van der Waals surface area contributed by atoms with Crippen LogP contribution in [0.5, 0.6) is 11.5 Å². The van der Waals surface area contributed by atoms with Gasteiger partial charge in [0.15, 0.2) is 5.76 Å². The normalized spacial score (nSPS) is 19.1. The number of allylic oxidation sites excluding steroid dienone is 1. The van der Waals surface area contributed by atoms with Crippen LogP contribution in [-0.2, 0) is 6.54 Å². The average molecular weight is 382 g/mol. The second-order valence-electron chi connectivity index (χ2n) is 7.60. The van der Waals surface area contributed by atoms with Crippen molar-refractivity contribution in [2.24, 2.45) is 0 Å². The molecule has 1 N–H and O–H groups in total. The summed E-state index contributed by atoms with van der Waals surface area (Å²) in [5.41, 5.74) is 2.33. The van der Waals surface area contributed by atoms with Crippen LogP contribution in [0.1, 0.15) is 27.0 Å². The molecule has 1 saturated heterocycles. The van der Waals surface area contributed by atoms with Crippen LogP contribution >= 0.6 is 0 Å². The lowest BCUT2D eigenvalue weighted by molar-refractivity contribution is -0.918. The van der Waals surface area contributed by atoms with Gasteiger partial charge in [-0.2, -0.15) is 0 Å². The number of Topliss-reactive ketones (excluding diaryl/α,β-unsaturated/α-hetero) is 1. The maximum atomic E-state index is 13.1. The highest BCUT2D eigenvalue weighted by atomic mass is 19.1. The van der Waals surface area contributed by atoms with Crippen molar-refractivity contribution >= 4 is 11.9 Å². The molecular formula is C22H23FN2O3.